The van der Waals surface area contributed by atoms with Crippen molar-refractivity contribution in [3.8, 4) is 11.5 Å². The number of thiazole rings is 1. The highest BCUT2D eigenvalue weighted by atomic mass is 32.1. The van der Waals surface area contributed by atoms with Crippen LogP contribution in [-0.4, -0.2) is 51.4 Å². The second-order valence-electron chi connectivity index (χ2n) is 8.42. The fourth-order valence-electron chi connectivity index (χ4n) is 4.64. The van der Waals surface area contributed by atoms with Crippen molar-refractivity contribution in [2.45, 2.75) is 19.4 Å². The third kappa shape index (κ3) is 3.69. The first-order chi connectivity index (χ1) is 16.2. The number of piperazine rings is 1. The van der Waals surface area contributed by atoms with Crippen molar-refractivity contribution in [1.82, 2.24) is 19.9 Å². The van der Waals surface area contributed by atoms with Crippen LogP contribution in [0.2, 0.25) is 0 Å². The SMILES string of the molecule is C[C@@H]1CN(c2scnc2-c2nc3ccccc3[nH]2)CCN1C(=O)Cc1csc2ccccc12. The molecule has 1 amide bonds. The lowest BCUT2D eigenvalue weighted by molar-refractivity contribution is -0.132. The van der Waals surface area contributed by atoms with Gasteiger partial charge in [-0.1, -0.05) is 30.3 Å². The van der Waals surface area contributed by atoms with Crippen LogP contribution in [0.1, 0.15) is 12.5 Å². The van der Waals surface area contributed by atoms with E-state index in [0.29, 0.717) is 13.0 Å². The molecule has 0 aliphatic carbocycles. The van der Waals surface area contributed by atoms with Gasteiger partial charge in [-0.25, -0.2) is 9.97 Å². The maximum absolute atomic E-state index is 13.2. The Labute approximate surface area is 199 Å². The smallest absolute Gasteiger partial charge is 0.227 e. The number of benzene rings is 2. The standard InChI is InChI=1S/C25H23N5OS2/c1-16-13-29(25-23(26-15-33-25)24-27-19-7-3-4-8-20(19)28-24)10-11-30(16)22(31)12-17-14-32-21-9-5-2-6-18(17)21/h2-9,14-16H,10-13H2,1H3,(H,27,28)/t16-/m1/s1. The Kier molecular flexibility index (Phi) is 5.11. The largest absolute Gasteiger partial charge is 0.358 e. The number of nitrogens with one attached hydrogen (secondary N) is 1. The Morgan fingerprint density at radius 2 is 1.97 bits per heavy atom. The van der Waals surface area contributed by atoms with Gasteiger partial charge >= 0.3 is 0 Å². The molecule has 1 aliphatic heterocycles. The van der Waals surface area contributed by atoms with Crippen molar-refractivity contribution in [3.63, 3.8) is 0 Å². The number of amides is 1. The monoisotopic (exact) mass is 473 g/mol. The first-order valence-electron chi connectivity index (χ1n) is 11.1. The number of carbonyl (C=O) groups excluding carboxylic acids is 1. The summed E-state index contributed by atoms with van der Waals surface area (Å²) in [6.07, 6.45) is 0.457. The van der Waals surface area contributed by atoms with E-state index in [1.807, 2.05) is 46.8 Å². The summed E-state index contributed by atoms with van der Waals surface area (Å²) >= 11 is 3.34. The molecule has 8 heteroatoms. The quantitative estimate of drug-likeness (QED) is 0.391. The Morgan fingerprint density at radius 1 is 1.12 bits per heavy atom. The van der Waals surface area contributed by atoms with Crippen LogP contribution in [0.25, 0.3) is 32.6 Å². The molecule has 5 aromatic rings. The summed E-state index contributed by atoms with van der Waals surface area (Å²) in [5, 5.41) is 4.43. The van der Waals surface area contributed by atoms with Crippen molar-refractivity contribution >= 4 is 54.7 Å². The maximum Gasteiger partial charge on any atom is 0.227 e. The molecule has 1 saturated heterocycles. The number of rotatable bonds is 4. The van der Waals surface area contributed by atoms with Gasteiger partial charge in [0.2, 0.25) is 5.91 Å². The lowest BCUT2D eigenvalue weighted by atomic mass is 10.1. The number of H-pyrrole nitrogens is 1. The molecule has 0 spiro atoms. The highest BCUT2D eigenvalue weighted by molar-refractivity contribution is 7.17. The van der Waals surface area contributed by atoms with E-state index < -0.39 is 0 Å². The first kappa shape index (κ1) is 20.4. The van der Waals surface area contributed by atoms with E-state index in [0.717, 1.165) is 46.2 Å². The minimum absolute atomic E-state index is 0.127. The first-order valence-corrected chi connectivity index (χ1v) is 12.8. The topological polar surface area (TPSA) is 65.1 Å². The molecule has 4 heterocycles. The van der Waals surface area contributed by atoms with Gasteiger partial charge in [0.15, 0.2) is 5.82 Å². The number of hydrogen-bond donors (Lipinski definition) is 1. The van der Waals surface area contributed by atoms with E-state index in [1.54, 1.807) is 22.7 Å². The molecule has 6 nitrogen and oxygen atoms in total. The summed E-state index contributed by atoms with van der Waals surface area (Å²) in [4.78, 5) is 30.3. The Bertz CT molecular complexity index is 1420. The molecule has 0 bridgehead atoms. The van der Waals surface area contributed by atoms with E-state index in [2.05, 4.69) is 39.3 Å². The molecule has 1 atom stereocenters. The lowest BCUT2D eigenvalue weighted by Crippen LogP contribution is -2.54. The minimum atomic E-state index is 0.127. The van der Waals surface area contributed by atoms with E-state index in [-0.39, 0.29) is 11.9 Å². The molecule has 0 saturated carbocycles. The fourth-order valence-corrected chi connectivity index (χ4v) is 6.44. The van der Waals surface area contributed by atoms with Gasteiger partial charge in [0.05, 0.1) is 23.0 Å². The van der Waals surface area contributed by atoms with Crippen molar-refractivity contribution in [1.29, 1.82) is 0 Å². The van der Waals surface area contributed by atoms with Crippen molar-refractivity contribution in [3.05, 3.63) is 65.0 Å². The number of para-hydroxylation sites is 2. The van der Waals surface area contributed by atoms with Crippen molar-refractivity contribution < 1.29 is 4.79 Å². The van der Waals surface area contributed by atoms with E-state index in [1.165, 1.54) is 10.1 Å². The molecule has 1 fully saturated rings. The number of nitrogens with zero attached hydrogens (tertiary/aromatic N) is 4. The predicted octanol–water partition coefficient (Wildman–Crippen LogP) is 5.18. The summed E-state index contributed by atoms with van der Waals surface area (Å²) in [6, 6.07) is 16.5. The van der Waals surface area contributed by atoms with Crippen LogP contribution in [0.3, 0.4) is 0 Å². The number of aromatic nitrogens is 3. The number of aromatic amines is 1. The molecule has 1 N–H and O–H groups in total. The third-order valence-corrected chi connectivity index (χ3v) is 8.20. The normalized spacial score (nSPS) is 16.7. The minimum Gasteiger partial charge on any atom is -0.358 e. The van der Waals surface area contributed by atoms with Crippen LogP contribution in [-0.2, 0) is 11.2 Å². The molecular weight excluding hydrogens is 450 g/mol. The number of imidazole rings is 1. The van der Waals surface area contributed by atoms with Crippen LogP contribution < -0.4 is 4.90 Å². The molecule has 2 aromatic carbocycles. The van der Waals surface area contributed by atoms with Crippen molar-refractivity contribution in [2.24, 2.45) is 0 Å². The Hall–Kier alpha value is -3.23. The zero-order valence-electron chi connectivity index (χ0n) is 18.2. The van der Waals surface area contributed by atoms with Gasteiger partial charge in [0.1, 0.15) is 10.7 Å². The number of thiophene rings is 1. The number of fused-ring (bicyclic) bond motifs is 2. The average molecular weight is 474 g/mol. The fraction of sp³-hybridized carbons (Fsp3) is 0.240. The molecule has 166 valence electrons. The second-order valence-corrected chi connectivity index (χ2v) is 10.2. The van der Waals surface area contributed by atoms with Gasteiger partial charge in [-0.2, -0.15) is 0 Å². The average Bonchev–Trinajstić information content (AvgIpc) is 3.57. The van der Waals surface area contributed by atoms with Gasteiger partial charge in [-0.3, -0.25) is 4.79 Å². The van der Waals surface area contributed by atoms with E-state index in [9.17, 15) is 4.79 Å². The van der Waals surface area contributed by atoms with Gasteiger partial charge in [-0.15, -0.1) is 22.7 Å². The maximum atomic E-state index is 13.2. The van der Waals surface area contributed by atoms with Gasteiger partial charge < -0.3 is 14.8 Å². The lowest BCUT2D eigenvalue weighted by Gasteiger charge is -2.40. The van der Waals surface area contributed by atoms with Crippen LogP contribution in [0.15, 0.2) is 59.4 Å². The number of anilines is 1. The van der Waals surface area contributed by atoms with Crippen molar-refractivity contribution in [2.75, 3.05) is 24.5 Å². The van der Waals surface area contributed by atoms with Crippen LogP contribution in [0.5, 0.6) is 0 Å². The zero-order chi connectivity index (χ0) is 22.4. The van der Waals surface area contributed by atoms with E-state index in [4.69, 9.17) is 4.98 Å². The molecule has 6 rings (SSSR count). The van der Waals surface area contributed by atoms with Gasteiger partial charge in [-0.05, 0) is 41.5 Å². The molecule has 3 aromatic heterocycles. The molecule has 1 aliphatic rings. The highest BCUT2D eigenvalue weighted by Gasteiger charge is 2.30. The highest BCUT2D eigenvalue weighted by Crippen LogP contribution is 2.34. The third-order valence-electron chi connectivity index (χ3n) is 6.30. The second kappa shape index (κ2) is 8.28. The van der Waals surface area contributed by atoms with Gasteiger partial charge in [0, 0.05) is 30.4 Å². The summed E-state index contributed by atoms with van der Waals surface area (Å²) < 4.78 is 1.24. The summed E-state index contributed by atoms with van der Waals surface area (Å²) in [6.45, 7) is 4.42. The van der Waals surface area contributed by atoms with Crippen LogP contribution in [0, 0.1) is 0 Å². The molecule has 0 radical (unpaired) electrons. The Balaban J connectivity index is 1.19. The Morgan fingerprint density at radius 3 is 2.85 bits per heavy atom. The summed E-state index contributed by atoms with van der Waals surface area (Å²) in [5.41, 5.74) is 5.84. The van der Waals surface area contributed by atoms with Gasteiger partial charge in [0.25, 0.3) is 0 Å². The van der Waals surface area contributed by atoms with Crippen LogP contribution >= 0.6 is 22.7 Å². The number of hydrogen-bond acceptors (Lipinski definition) is 6. The zero-order valence-corrected chi connectivity index (χ0v) is 19.8. The van der Waals surface area contributed by atoms with Crippen LogP contribution in [0.4, 0.5) is 5.00 Å². The molecular formula is C25H23N5OS2. The van der Waals surface area contributed by atoms with E-state index >= 15 is 0 Å². The summed E-state index contributed by atoms with van der Waals surface area (Å²) in [5.74, 6) is 0.996. The summed E-state index contributed by atoms with van der Waals surface area (Å²) in [7, 11) is 0. The predicted molar refractivity (Wildman–Crippen MR) is 136 cm³/mol. The number of carbonyl (C=O) groups is 1. The molecule has 0 unspecified atom stereocenters. The molecule has 33 heavy (non-hydrogen) atoms.